The molecule has 2 aromatic carbocycles. The van der Waals surface area contributed by atoms with Crippen LogP contribution in [0.3, 0.4) is 0 Å². The van der Waals surface area contributed by atoms with E-state index in [1.807, 2.05) is 6.07 Å². The molecule has 6 nitrogen and oxygen atoms in total. The number of alkyl halides is 2. The van der Waals surface area contributed by atoms with Gasteiger partial charge in [-0.2, -0.15) is 8.78 Å². The first kappa shape index (κ1) is 17.8. The maximum absolute atomic E-state index is 12.3. The van der Waals surface area contributed by atoms with E-state index in [1.165, 1.54) is 19.2 Å². The highest BCUT2D eigenvalue weighted by molar-refractivity contribution is 5.81. The first-order chi connectivity index (χ1) is 12.6. The molecule has 26 heavy (non-hydrogen) atoms. The summed E-state index contributed by atoms with van der Waals surface area (Å²) in [5.74, 6) is 0.845. The SMILES string of the molecule is COc1cc(CNC(=O)[C@H]2COc3ccccc3O2)ccc1OC(F)F. The Hall–Kier alpha value is -3.03. The third-order valence-corrected chi connectivity index (χ3v) is 3.71. The van der Waals surface area contributed by atoms with Gasteiger partial charge >= 0.3 is 6.61 Å². The van der Waals surface area contributed by atoms with Crippen molar-refractivity contribution >= 4 is 5.91 Å². The Morgan fingerprint density at radius 3 is 2.73 bits per heavy atom. The first-order valence-electron chi connectivity index (χ1n) is 7.84. The molecule has 1 amide bonds. The van der Waals surface area contributed by atoms with E-state index in [1.54, 1.807) is 24.3 Å². The van der Waals surface area contributed by atoms with Crippen LogP contribution >= 0.6 is 0 Å². The van der Waals surface area contributed by atoms with Crippen molar-refractivity contribution < 1.29 is 32.5 Å². The van der Waals surface area contributed by atoms with Crippen molar-refractivity contribution in [2.45, 2.75) is 19.3 Å². The number of fused-ring (bicyclic) bond motifs is 1. The van der Waals surface area contributed by atoms with Crippen molar-refractivity contribution in [1.29, 1.82) is 0 Å². The van der Waals surface area contributed by atoms with Crippen molar-refractivity contribution in [3.8, 4) is 23.0 Å². The van der Waals surface area contributed by atoms with Crippen LogP contribution < -0.4 is 24.3 Å². The van der Waals surface area contributed by atoms with Gasteiger partial charge in [-0.15, -0.1) is 0 Å². The van der Waals surface area contributed by atoms with Crippen LogP contribution in [0, 0.1) is 0 Å². The maximum Gasteiger partial charge on any atom is 0.387 e. The Morgan fingerprint density at radius 2 is 2.00 bits per heavy atom. The van der Waals surface area contributed by atoms with Gasteiger partial charge in [-0.05, 0) is 29.8 Å². The summed E-state index contributed by atoms with van der Waals surface area (Å²) in [4.78, 5) is 12.3. The van der Waals surface area contributed by atoms with Gasteiger partial charge in [-0.1, -0.05) is 18.2 Å². The van der Waals surface area contributed by atoms with Gasteiger partial charge in [-0.25, -0.2) is 0 Å². The van der Waals surface area contributed by atoms with Gasteiger partial charge in [0, 0.05) is 6.54 Å². The van der Waals surface area contributed by atoms with Crippen LogP contribution in [0.25, 0.3) is 0 Å². The molecule has 1 N–H and O–H groups in total. The van der Waals surface area contributed by atoms with Crippen molar-refractivity contribution in [2.75, 3.05) is 13.7 Å². The number of hydrogen-bond donors (Lipinski definition) is 1. The summed E-state index contributed by atoms with van der Waals surface area (Å²) in [7, 11) is 1.35. The third-order valence-electron chi connectivity index (χ3n) is 3.71. The molecule has 138 valence electrons. The van der Waals surface area contributed by atoms with Crippen LogP contribution in [-0.4, -0.2) is 32.3 Å². The number of carbonyl (C=O) groups is 1. The summed E-state index contributed by atoms with van der Waals surface area (Å²) in [6.07, 6.45) is -0.770. The number of amides is 1. The third kappa shape index (κ3) is 4.14. The van der Waals surface area contributed by atoms with Crippen molar-refractivity contribution in [3.05, 3.63) is 48.0 Å². The van der Waals surface area contributed by atoms with E-state index in [4.69, 9.17) is 14.2 Å². The number of carbonyl (C=O) groups excluding carboxylic acids is 1. The highest BCUT2D eigenvalue weighted by atomic mass is 19.3. The lowest BCUT2D eigenvalue weighted by Crippen LogP contribution is -2.43. The van der Waals surface area contributed by atoms with Gasteiger partial charge in [0.15, 0.2) is 23.0 Å². The largest absolute Gasteiger partial charge is 0.493 e. The molecule has 0 aliphatic carbocycles. The topological polar surface area (TPSA) is 66.0 Å². The zero-order chi connectivity index (χ0) is 18.5. The average molecular weight is 365 g/mol. The molecule has 0 bridgehead atoms. The molecule has 2 aromatic rings. The molecule has 0 unspecified atom stereocenters. The van der Waals surface area contributed by atoms with Gasteiger partial charge < -0.3 is 24.3 Å². The number of ether oxygens (including phenoxy) is 4. The Bertz CT molecular complexity index is 784. The van der Waals surface area contributed by atoms with E-state index >= 15 is 0 Å². The fourth-order valence-electron chi connectivity index (χ4n) is 2.47. The molecule has 0 fully saturated rings. The van der Waals surface area contributed by atoms with Gasteiger partial charge in [0.25, 0.3) is 5.91 Å². The van der Waals surface area contributed by atoms with Crippen LogP contribution in [0.1, 0.15) is 5.56 Å². The minimum absolute atomic E-state index is 0.0711. The second-order valence-corrected chi connectivity index (χ2v) is 5.45. The number of para-hydroxylation sites is 2. The van der Waals surface area contributed by atoms with Crippen molar-refractivity contribution in [1.82, 2.24) is 5.32 Å². The van der Waals surface area contributed by atoms with Crippen LogP contribution in [0.4, 0.5) is 8.78 Å². The number of benzene rings is 2. The number of halogens is 2. The number of nitrogens with one attached hydrogen (secondary N) is 1. The minimum Gasteiger partial charge on any atom is -0.493 e. The molecule has 3 rings (SSSR count). The Kier molecular flexibility index (Phi) is 5.40. The molecule has 0 saturated heterocycles. The van der Waals surface area contributed by atoms with Crippen LogP contribution in [0.15, 0.2) is 42.5 Å². The molecular weight excluding hydrogens is 348 g/mol. The molecule has 1 heterocycles. The normalized spacial score (nSPS) is 15.5. The van der Waals surface area contributed by atoms with E-state index in [-0.39, 0.29) is 30.6 Å². The van der Waals surface area contributed by atoms with Gasteiger partial charge in [0.05, 0.1) is 7.11 Å². The standard InChI is InChI=1S/C18H17F2NO5/c1-23-15-8-11(6-7-14(15)26-18(19)20)9-21-17(22)16-10-24-12-4-2-3-5-13(12)25-16/h2-8,16,18H,9-10H2,1H3,(H,21,22)/t16-/m1/s1. The van der Waals surface area contributed by atoms with Crippen LogP contribution in [0.5, 0.6) is 23.0 Å². The van der Waals surface area contributed by atoms with E-state index in [0.29, 0.717) is 17.1 Å². The maximum atomic E-state index is 12.3. The number of hydrogen-bond acceptors (Lipinski definition) is 5. The molecule has 0 aromatic heterocycles. The summed E-state index contributed by atoms with van der Waals surface area (Å²) in [5.41, 5.74) is 0.661. The second-order valence-electron chi connectivity index (χ2n) is 5.45. The zero-order valence-corrected chi connectivity index (χ0v) is 13.9. The fourth-order valence-corrected chi connectivity index (χ4v) is 2.47. The summed E-state index contributed by atoms with van der Waals surface area (Å²) in [5, 5.41) is 2.72. The molecular formula is C18H17F2NO5. The van der Waals surface area contributed by atoms with Crippen LogP contribution in [0.2, 0.25) is 0 Å². The predicted molar refractivity (Wildman–Crippen MR) is 87.8 cm³/mol. The van der Waals surface area contributed by atoms with E-state index in [0.717, 1.165) is 0 Å². The Morgan fingerprint density at radius 1 is 1.23 bits per heavy atom. The predicted octanol–water partition coefficient (Wildman–Crippen LogP) is 2.75. The average Bonchev–Trinajstić information content (AvgIpc) is 2.66. The van der Waals surface area contributed by atoms with Crippen molar-refractivity contribution in [2.24, 2.45) is 0 Å². The second kappa shape index (κ2) is 7.90. The van der Waals surface area contributed by atoms with Gasteiger partial charge in [0.2, 0.25) is 6.10 Å². The Balaban J connectivity index is 1.59. The summed E-state index contributed by atoms with van der Waals surface area (Å²) >= 11 is 0. The lowest BCUT2D eigenvalue weighted by molar-refractivity contribution is -0.130. The molecule has 1 aliphatic rings. The van der Waals surface area contributed by atoms with Crippen molar-refractivity contribution in [3.63, 3.8) is 0 Å². The molecule has 8 heteroatoms. The monoisotopic (exact) mass is 365 g/mol. The molecule has 1 atom stereocenters. The smallest absolute Gasteiger partial charge is 0.387 e. The zero-order valence-electron chi connectivity index (χ0n) is 13.9. The Labute approximate surface area is 148 Å². The molecule has 0 radical (unpaired) electrons. The molecule has 0 spiro atoms. The summed E-state index contributed by atoms with van der Waals surface area (Å²) < 4.78 is 45.2. The molecule has 0 saturated carbocycles. The quantitative estimate of drug-likeness (QED) is 0.853. The summed E-state index contributed by atoms with van der Waals surface area (Å²) in [6, 6.07) is 11.5. The van der Waals surface area contributed by atoms with Gasteiger partial charge in [0.1, 0.15) is 6.61 Å². The highest BCUT2D eigenvalue weighted by Gasteiger charge is 2.27. The lowest BCUT2D eigenvalue weighted by atomic mass is 10.2. The number of rotatable bonds is 6. The lowest BCUT2D eigenvalue weighted by Gasteiger charge is -2.25. The number of methoxy groups -OCH3 is 1. The van der Waals surface area contributed by atoms with E-state index < -0.39 is 12.7 Å². The summed E-state index contributed by atoms with van der Waals surface area (Å²) in [6.45, 7) is -2.67. The van der Waals surface area contributed by atoms with E-state index in [2.05, 4.69) is 10.1 Å². The van der Waals surface area contributed by atoms with Crippen LogP contribution in [-0.2, 0) is 11.3 Å². The molecule has 1 aliphatic heterocycles. The first-order valence-corrected chi connectivity index (χ1v) is 7.84. The fraction of sp³-hybridized carbons (Fsp3) is 0.278. The van der Waals surface area contributed by atoms with Gasteiger partial charge in [-0.3, -0.25) is 4.79 Å². The minimum atomic E-state index is -2.94. The highest BCUT2D eigenvalue weighted by Crippen LogP contribution is 2.31. The van der Waals surface area contributed by atoms with E-state index in [9.17, 15) is 13.6 Å².